The van der Waals surface area contributed by atoms with Crippen LogP contribution in [0.15, 0.2) is 48.5 Å². The molecule has 22 heavy (non-hydrogen) atoms. The molecule has 6 heteroatoms. The average Bonchev–Trinajstić information content (AvgIpc) is 2.78. The summed E-state index contributed by atoms with van der Waals surface area (Å²) in [6.45, 7) is 0. The number of nitrogens with one attached hydrogen (secondary N) is 1. The Bertz CT molecular complexity index is 734. The fourth-order valence-corrected chi connectivity index (χ4v) is 2.78. The fraction of sp³-hybridized carbons (Fsp3) is 0.125. The number of nitrogens with zero attached hydrogens (tertiary/aromatic N) is 1. The molecule has 2 aromatic carbocycles. The molecule has 1 fully saturated rings. The van der Waals surface area contributed by atoms with Gasteiger partial charge in [0.15, 0.2) is 0 Å². The minimum Gasteiger partial charge on any atom is -0.373 e. The van der Waals surface area contributed by atoms with Crippen molar-refractivity contribution in [3.63, 3.8) is 0 Å². The van der Waals surface area contributed by atoms with Crippen LogP contribution < -0.4 is 10.2 Å². The molecule has 0 saturated carbocycles. The summed E-state index contributed by atoms with van der Waals surface area (Å²) in [5, 5.41) is 3.57. The van der Waals surface area contributed by atoms with Crippen LogP contribution in [0, 0.1) is 0 Å². The first kappa shape index (κ1) is 14.9. The number of benzene rings is 2. The summed E-state index contributed by atoms with van der Waals surface area (Å²) in [6.07, 6.45) is 0.0799. The van der Waals surface area contributed by atoms with Crippen molar-refractivity contribution >= 4 is 46.4 Å². The monoisotopic (exact) mass is 334 g/mol. The van der Waals surface area contributed by atoms with E-state index in [4.69, 9.17) is 23.2 Å². The first-order valence-corrected chi connectivity index (χ1v) is 7.46. The van der Waals surface area contributed by atoms with Crippen LogP contribution in [-0.4, -0.2) is 17.9 Å². The van der Waals surface area contributed by atoms with Crippen LogP contribution >= 0.6 is 23.2 Å². The highest BCUT2D eigenvalue weighted by atomic mass is 35.5. The Hall–Kier alpha value is -2.04. The topological polar surface area (TPSA) is 49.4 Å². The lowest BCUT2D eigenvalue weighted by atomic mass is 10.2. The molecule has 1 aliphatic heterocycles. The Kier molecular flexibility index (Phi) is 4.05. The average molecular weight is 335 g/mol. The van der Waals surface area contributed by atoms with Gasteiger partial charge in [0.1, 0.15) is 6.04 Å². The first-order valence-electron chi connectivity index (χ1n) is 6.70. The van der Waals surface area contributed by atoms with Crippen molar-refractivity contribution < 1.29 is 9.59 Å². The van der Waals surface area contributed by atoms with Crippen molar-refractivity contribution in [2.24, 2.45) is 0 Å². The normalized spacial score (nSPS) is 17.9. The van der Waals surface area contributed by atoms with Gasteiger partial charge in [-0.3, -0.25) is 9.59 Å². The van der Waals surface area contributed by atoms with Gasteiger partial charge < -0.3 is 5.32 Å². The Morgan fingerprint density at radius 3 is 2.45 bits per heavy atom. The SMILES string of the molecule is O=C1CC(Nc2ccccc2)C(=O)N1c1cccc(Cl)c1Cl. The smallest absolute Gasteiger partial charge is 0.256 e. The fourth-order valence-electron chi connectivity index (χ4n) is 2.40. The molecule has 2 amide bonds. The van der Waals surface area contributed by atoms with Crippen LogP contribution in [-0.2, 0) is 9.59 Å². The number of anilines is 2. The van der Waals surface area contributed by atoms with Crippen LogP contribution in [0.5, 0.6) is 0 Å². The number of hydrogen-bond acceptors (Lipinski definition) is 3. The largest absolute Gasteiger partial charge is 0.373 e. The number of rotatable bonds is 3. The van der Waals surface area contributed by atoms with Gasteiger partial charge in [-0.25, -0.2) is 4.90 Å². The van der Waals surface area contributed by atoms with Gasteiger partial charge in [0, 0.05) is 5.69 Å². The van der Waals surface area contributed by atoms with Gasteiger partial charge in [0.05, 0.1) is 22.2 Å². The molecular formula is C16H12Cl2N2O2. The molecule has 0 radical (unpaired) electrons. The summed E-state index contributed by atoms with van der Waals surface area (Å²) in [5.41, 5.74) is 1.11. The predicted octanol–water partition coefficient (Wildman–Crippen LogP) is 3.74. The molecule has 4 nitrogen and oxygen atoms in total. The number of para-hydroxylation sites is 1. The Morgan fingerprint density at radius 1 is 1.00 bits per heavy atom. The minimum atomic E-state index is -0.607. The van der Waals surface area contributed by atoms with E-state index < -0.39 is 6.04 Å². The quantitative estimate of drug-likeness (QED) is 0.870. The summed E-state index contributed by atoms with van der Waals surface area (Å²) in [6, 6.07) is 13.5. The number of hydrogen-bond donors (Lipinski definition) is 1. The van der Waals surface area contributed by atoms with Crippen LogP contribution in [0.1, 0.15) is 6.42 Å². The highest BCUT2D eigenvalue weighted by Gasteiger charge is 2.40. The lowest BCUT2D eigenvalue weighted by Gasteiger charge is -2.17. The van der Waals surface area contributed by atoms with Gasteiger partial charge in [-0.2, -0.15) is 0 Å². The maximum Gasteiger partial charge on any atom is 0.256 e. The molecule has 112 valence electrons. The Labute approximate surface area is 137 Å². The molecule has 1 saturated heterocycles. The Balaban J connectivity index is 1.87. The zero-order chi connectivity index (χ0) is 15.7. The van der Waals surface area contributed by atoms with Gasteiger partial charge in [0.25, 0.3) is 5.91 Å². The zero-order valence-corrected chi connectivity index (χ0v) is 12.9. The highest BCUT2D eigenvalue weighted by Crippen LogP contribution is 2.35. The number of carbonyl (C=O) groups is 2. The first-order chi connectivity index (χ1) is 10.6. The molecular weight excluding hydrogens is 323 g/mol. The van der Waals surface area contributed by atoms with Crippen molar-refractivity contribution in [2.75, 3.05) is 10.2 Å². The van der Waals surface area contributed by atoms with Crippen LogP contribution in [0.25, 0.3) is 0 Å². The van der Waals surface area contributed by atoms with Gasteiger partial charge in [-0.15, -0.1) is 0 Å². The third-order valence-corrected chi connectivity index (χ3v) is 4.24. The van der Waals surface area contributed by atoms with E-state index in [1.54, 1.807) is 18.2 Å². The van der Waals surface area contributed by atoms with Gasteiger partial charge >= 0.3 is 0 Å². The van der Waals surface area contributed by atoms with Gasteiger partial charge in [0.2, 0.25) is 5.91 Å². The van der Waals surface area contributed by atoms with E-state index >= 15 is 0 Å². The zero-order valence-electron chi connectivity index (χ0n) is 11.4. The number of amides is 2. The Morgan fingerprint density at radius 2 is 1.73 bits per heavy atom. The van der Waals surface area contributed by atoms with E-state index in [2.05, 4.69) is 5.32 Å². The summed E-state index contributed by atoms with van der Waals surface area (Å²) < 4.78 is 0. The van der Waals surface area contributed by atoms with E-state index in [9.17, 15) is 9.59 Å². The van der Waals surface area contributed by atoms with E-state index in [0.29, 0.717) is 10.7 Å². The maximum absolute atomic E-state index is 12.5. The molecule has 1 aliphatic rings. The molecule has 2 aromatic rings. The lowest BCUT2D eigenvalue weighted by molar-refractivity contribution is -0.121. The molecule has 1 unspecified atom stereocenters. The minimum absolute atomic E-state index is 0.0799. The van der Waals surface area contributed by atoms with Crippen molar-refractivity contribution in [2.45, 2.75) is 12.5 Å². The second-order valence-electron chi connectivity index (χ2n) is 4.91. The third kappa shape index (κ3) is 2.67. The van der Waals surface area contributed by atoms with Gasteiger partial charge in [-0.1, -0.05) is 47.5 Å². The second-order valence-corrected chi connectivity index (χ2v) is 5.69. The molecule has 0 aromatic heterocycles. The number of carbonyl (C=O) groups excluding carboxylic acids is 2. The summed E-state index contributed by atoms with van der Waals surface area (Å²) in [4.78, 5) is 25.8. The molecule has 0 spiro atoms. The van der Waals surface area contributed by atoms with Crippen molar-refractivity contribution in [3.05, 3.63) is 58.6 Å². The summed E-state index contributed by atoms with van der Waals surface area (Å²) >= 11 is 12.1. The van der Waals surface area contributed by atoms with Crippen molar-refractivity contribution in [1.29, 1.82) is 0 Å². The van der Waals surface area contributed by atoms with Crippen LogP contribution in [0.4, 0.5) is 11.4 Å². The molecule has 0 bridgehead atoms. The molecule has 1 heterocycles. The maximum atomic E-state index is 12.5. The molecule has 1 N–H and O–H groups in total. The number of imide groups is 1. The molecule has 0 aliphatic carbocycles. The summed E-state index contributed by atoms with van der Waals surface area (Å²) in [5.74, 6) is -0.638. The predicted molar refractivity (Wildman–Crippen MR) is 87.4 cm³/mol. The standard InChI is InChI=1S/C16H12Cl2N2O2/c17-11-7-4-8-13(15(11)18)20-14(21)9-12(16(20)22)19-10-5-2-1-3-6-10/h1-8,12,19H,9H2. The summed E-state index contributed by atoms with van der Waals surface area (Å²) in [7, 11) is 0. The lowest BCUT2D eigenvalue weighted by Crippen LogP contribution is -2.35. The highest BCUT2D eigenvalue weighted by molar-refractivity contribution is 6.45. The van der Waals surface area contributed by atoms with Crippen molar-refractivity contribution in [1.82, 2.24) is 0 Å². The third-order valence-electron chi connectivity index (χ3n) is 3.43. The van der Waals surface area contributed by atoms with E-state index in [1.807, 2.05) is 30.3 Å². The van der Waals surface area contributed by atoms with Crippen molar-refractivity contribution in [3.8, 4) is 0 Å². The van der Waals surface area contributed by atoms with Crippen LogP contribution in [0.3, 0.4) is 0 Å². The number of halogens is 2. The van der Waals surface area contributed by atoms with E-state index in [0.717, 1.165) is 10.6 Å². The molecule has 3 rings (SSSR count). The second kappa shape index (κ2) is 5.99. The molecule has 1 atom stereocenters. The van der Waals surface area contributed by atoms with E-state index in [-0.39, 0.29) is 23.3 Å². The van der Waals surface area contributed by atoms with Crippen LogP contribution in [0.2, 0.25) is 10.0 Å². The van der Waals surface area contributed by atoms with E-state index in [1.165, 1.54) is 0 Å². The van der Waals surface area contributed by atoms with Gasteiger partial charge in [-0.05, 0) is 24.3 Å².